The molecule has 0 saturated carbocycles. The highest BCUT2D eigenvalue weighted by molar-refractivity contribution is 7.84. The van der Waals surface area contributed by atoms with Gasteiger partial charge in [-0.3, -0.25) is 4.18 Å². The lowest BCUT2D eigenvalue weighted by Gasteiger charge is -2.13. The highest BCUT2D eigenvalue weighted by Gasteiger charge is 2.34. The van der Waals surface area contributed by atoms with Gasteiger partial charge in [0.1, 0.15) is 0 Å². The van der Waals surface area contributed by atoms with Crippen molar-refractivity contribution in [1.29, 1.82) is 0 Å². The van der Waals surface area contributed by atoms with Gasteiger partial charge >= 0.3 is 16.5 Å². The van der Waals surface area contributed by atoms with Gasteiger partial charge in [0.15, 0.2) is 0 Å². The molecule has 0 spiro atoms. The molecular formula is C8H7ClF3NO3S. The molecule has 0 radical (unpaired) electrons. The van der Waals surface area contributed by atoms with Crippen LogP contribution in [0.5, 0.6) is 0 Å². The summed E-state index contributed by atoms with van der Waals surface area (Å²) >= 11 is 5.55. The summed E-state index contributed by atoms with van der Waals surface area (Å²) < 4.78 is 62.8. The Hall–Kier alpha value is -0.830. The number of benzene rings is 1. The van der Waals surface area contributed by atoms with Crippen LogP contribution < -0.4 is 5.14 Å². The van der Waals surface area contributed by atoms with E-state index < -0.39 is 34.2 Å². The topological polar surface area (TPSA) is 69.4 Å². The van der Waals surface area contributed by atoms with Gasteiger partial charge in [-0.1, -0.05) is 17.7 Å². The smallest absolute Gasteiger partial charge is 0.253 e. The minimum absolute atomic E-state index is 0.247. The molecule has 0 amide bonds. The van der Waals surface area contributed by atoms with Crippen molar-refractivity contribution in [2.75, 3.05) is 0 Å². The van der Waals surface area contributed by atoms with Gasteiger partial charge in [0.05, 0.1) is 12.2 Å². The van der Waals surface area contributed by atoms with Gasteiger partial charge in [-0.2, -0.15) is 21.6 Å². The molecule has 4 nitrogen and oxygen atoms in total. The van der Waals surface area contributed by atoms with Crippen molar-refractivity contribution in [3.8, 4) is 0 Å². The fraction of sp³-hybridized carbons (Fsp3) is 0.250. The van der Waals surface area contributed by atoms with Gasteiger partial charge in [-0.25, -0.2) is 5.14 Å². The highest BCUT2D eigenvalue weighted by Crippen LogP contribution is 2.35. The first-order chi connectivity index (χ1) is 7.61. The summed E-state index contributed by atoms with van der Waals surface area (Å²) in [5.41, 5.74) is -1.54. The Morgan fingerprint density at radius 3 is 2.41 bits per heavy atom. The van der Waals surface area contributed by atoms with Crippen LogP contribution in [0, 0.1) is 0 Å². The zero-order valence-corrected chi connectivity index (χ0v) is 9.73. The van der Waals surface area contributed by atoms with Crippen LogP contribution >= 0.6 is 11.6 Å². The molecule has 0 fully saturated rings. The summed E-state index contributed by atoms with van der Waals surface area (Å²) in [6, 6.07) is 3.07. The van der Waals surface area contributed by atoms with Crippen molar-refractivity contribution in [2.24, 2.45) is 5.14 Å². The maximum atomic E-state index is 12.6. The summed E-state index contributed by atoms with van der Waals surface area (Å²) in [5, 5.41) is 4.27. The molecule has 0 atom stereocenters. The maximum absolute atomic E-state index is 12.6. The van der Waals surface area contributed by atoms with Crippen molar-refractivity contribution in [1.82, 2.24) is 0 Å². The molecule has 9 heteroatoms. The zero-order valence-electron chi connectivity index (χ0n) is 8.16. The van der Waals surface area contributed by atoms with E-state index in [0.29, 0.717) is 0 Å². The molecule has 2 N–H and O–H groups in total. The van der Waals surface area contributed by atoms with E-state index in [0.717, 1.165) is 12.1 Å². The standard InChI is InChI=1S/C8H7ClF3NO3S/c9-7-3-1-2-6(8(10,11)12)5(7)4-16-17(13,14)15/h1-3H,4H2,(H2,13,14,15). The summed E-state index contributed by atoms with van der Waals surface area (Å²) in [6.45, 7) is -0.868. The quantitative estimate of drug-likeness (QED) is 0.926. The predicted octanol–water partition coefficient (Wildman–Crippen LogP) is 2.08. The molecule has 0 aliphatic rings. The van der Waals surface area contributed by atoms with E-state index in [4.69, 9.17) is 11.6 Å². The second-order valence-corrected chi connectivity index (χ2v) is 4.65. The Labute approximate surface area is 100 Å². The van der Waals surface area contributed by atoms with Crippen LogP contribution in [-0.2, 0) is 27.3 Å². The van der Waals surface area contributed by atoms with E-state index in [2.05, 4.69) is 9.32 Å². The van der Waals surface area contributed by atoms with E-state index in [1.54, 1.807) is 0 Å². The number of alkyl halides is 3. The summed E-state index contributed by atoms with van der Waals surface area (Å²) in [7, 11) is -4.33. The summed E-state index contributed by atoms with van der Waals surface area (Å²) in [5.74, 6) is 0. The predicted molar refractivity (Wildman–Crippen MR) is 54.4 cm³/mol. The fourth-order valence-electron chi connectivity index (χ4n) is 1.11. The SMILES string of the molecule is NS(=O)(=O)OCc1c(Cl)cccc1C(F)(F)F. The van der Waals surface area contributed by atoms with Crippen LogP contribution in [0.15, 0.2) is 18.2 Å². The Morgan fingerprint density at radius 2 is 1.94 bits per heavy atom. The van der Waals surface area contributed by atoms with Crippen LogP contribution in [0.4, 0.5) is 13.2 Å². The van der Waals surface area contributed by atoms with Gasteiger partial charge in [0, 0.05) is 10.6 Å². The molecule has 1 rings (SSSR count). The molecule has 0 unspecified atom stereocenters. The van der Waals surface area contributed by atoms with Gasteiger partial charge in [-0.15, -0.1) is 0 Å². The Kier molecular flexibility index (Phi) is 4.03. The van der Waals surface area contributed by atoms with Crippen LogP contribution in [0.3, 0.4) is 0 Å². The third-order valence-corrected chi connectivity index (χ3v) is 2.59. The van der Waals surface area contributed by atoms with Crippen LogP contribution in [0.25, 0.3) is 0 Å². The normalized spacial score (nSPS) is 12.8. The molecular weight excluding hydrogens is 283 g/mol. The molecule has 0 aliphatic heterocycles. The van der Waals surface area contributed by atoms with Crippen molar-refractivity contribution in [3.63, 3.8) is 0 Å². The molecule has 0 bridgehead atoms. The molecule has 1 aromatic rings. The average molecular weight is 290 g/mol. The molecule has 0 saturated heterocycles. The first-order valence-electron chi connectivity index (χ1n) is 4.13. The Balaban J connectivity index is 3.13. The molecule has 17 heavy (non-hydrogen) atoms. The van der Waals surface area contributed by atoms with Crippen molar-refractivity contribution in [2.45, 2.75) is 12.8 Å². The van der Waals surface area contributed by atoms with Crippen molar-refractivity contribution in [3.05, 3.63) is 34.3 Å². The first kappa shape index (κ1) is 14.2. The number of hydrogen-bond acceptors (Lipinski definition) is 3. The van der Waals surface area contributed by atoms with E-state index in [-0.39, 0.29) is 5.02 Å². The van der Waals surface area contributed by atoms with E-state index >= 15 is 0 Å². The Morgan fingerprint density at radius 1 is 1.35 bits per heavy atom. The molecule has 96 valence electrons. The van der Waals surface area contributed by atoms with Crippen molar-refractivity contribution < 1.29 is 25.8 Å². The lowest BCUT2D eigenvalue weighted by molar-refractivity contribution is -0.138. The molecule has 0 aromatic heterocycles. The lowest BCUT2D eigenvalue weighted by atomic mass is 10.1. The number of rotatable bonds is 3. The van der Waals surface area contributed by atoms with E-state index in [1.807, 2.05) is 0 Å². The number of nitrogens with two attached hydrogens (primary N) is 1. The van der Waals surface area contributed by atoms with E-state index in [9.17, 15) is 21.6 Å². The minimum atomic E-state index is -4.65. The Bertz CT molecular complexity index is 515. The lowest BCUT2D eigenvalue weighted by Crippen LogP contribution is -2.17. The highest BCUT2D eigenvalue weighted by atomic mass is 35.5. The zero-order chi connectivity index (χ0) is 13.3. The van der Waals surface area contributed by atoms with Crippen LogP contribution in [0.2, 0.25) is 5.02 Å². The monoisotopic (exact) mass is 289 g/mol. The van der Waals surface area contributed by atoms with Gasteiger partial charge < -0.3 is 0 Å². The van der Waals surface area contributed by atoms with Gasteiger partial charge in [0.2, 0.25) is 0 Å². The van der Waals surface area contributed by atoms with E-state index in [1.165, 1.54) is 6.07 Å². The third-order valence-electron chi connectivity index (χ3n) is 1.79. The maximum Gasteiger partial charge on any atom is 0.416 e. The second-order valence-electron chi connectivity index (χ2n) is 3.02. The fourth-order valence-corrected chi connectivity index (χ4v) is 1.62. The summed E-state index contributed by atoms with van der Waals surface area (Å²) in [4.78, 5) is 0. The minimum Gasteiger partial charge on any atom is -0.253 e. The first-order valence-corrected chi connectivity index (χ1v) is 5.98. The average Bonchev–Trinajstić information content (AvgIpc) is 2.12. The molecule has 0 heterocycles. The number of hydrogen-bond donors (Lipinski definition) is 1. The third kappa shape index (κ3) is 4.15. The van der Waals surface area contributed by atoms with Crippen LogP contribution in [0.1, 0.15) is 11.1 Å². The van der Waals surface area contributed by atoms with Crippen molar-refractivity contribution >= 4 is 21.9 Å². The number of halogens is 4. The van der Waals surface area contributed by atoms with Gasteiger partial charge in [-0.05, 0) is 12.1 Å². The largest absolute Gasteiger partial charge is 0.416 e. The summed E-state index contributed by atoms with van der Waals surface area (Å²) in [6.07, 6.45) is -4.65. The van der Waals surface area contributed by atoms with Gasteiger partial charge in [0.25, 0.3) is 0 Å². The molecule has 0 aliphatic carbocycles. The molecule has 1 aromatic carbocycles. The van der Waals surface area contributed by atoms with Crippen LogP contribution in [-0.4, -0.2) is 8.42 Å². The second kappa shape index (κ2) is 4.81.